The van der Waals surface area contributed by atoms with E-state index in [1.54, 1.807) is 26.0 Å². The summed E-state index contributed by atoms with van der Waals surface area (Å²) in [5.41, 5.74) is 2.06. The summed E-state index contributed by atoms with van der Waals surface area (Å²) in [6.07, 6.45) is 0. The molecule has 0 atom stereocenters. The van der Waals surface area contributed by atoms with E-state index in [9.17, 15) is 4.79 Å². The Morgan fingerprint density at radius 2 is 1.67 bits per heavy atom. The van der Waals surface area contributed by atoms with Gasteiger partial charge in [0.25, 0.3) is 0 Å². The van der Waals surface area contributed by atoms with Gasteiger partial charge in [0.2, 0.25) is 0 Å². The predicted molar refractivity (Wildman–Crippen MR) is 50.0 cm³/mol. The molecule has 0 unspecified atom stereocenters. The number of carbonyl (C=O) groups is 1. The van der Waals surface area contributed by atoms with Crippen LogP contribution in [0.2, 0.25) is 0 Å². The van der Waals surface area contributed by atoms with Crippen LogP contribution in [0.3, 0.4) is 0 Å². The fraction of sp³-hybridized carbons (Fsp3) is 0.222. The summed E-state index contributed by atoms with van der Waals surface area (Å²) in [5.74, 6) is -0.847. The number of aryl methyl sites for hydroxylation is 2. The first kappa shape index (κ1) is 12.3. The van der Waals surface area contributed by atoms with Crippen molar-refractivity contribution in [2.24, 2.45) is 0 Å². The molecule has 0 aliphatic carbocycles. The molecule has 12 heavy (non-hydrogen) atoms. The summed E-state index contributed by atoms with van der Waals surface area (Å²) in [6.45, 7) is 3.60. The molecule has 1 rings (SSSR count). The van der Waals surface area contributed by atoms with E-state index in [1.165, 1.54) is 0 Å². The maximum absolute atomic E-state index is 10.6. The zero-order valence-electron chi connectivity index (χ0n) is 6.59. The van der Waals surface area contributed by atoms with Gasteiger partial charge < -0.3 is 5.11 Å². The first-order chi connectivity index (χ1) is 5.13. The molecule has 1 N–H and O–H groups in total. The molecule has 1 aromatic rings. The van der Waals surface area contributed by atoms with Gasteiger partial charge in [-0.25, -0.2) is 4.79 Å². The van der Waals surface area contributed by atoms with Crippen LogP contribution in [0.25, 0.3) is 0 Å². The van der Waals surface area contributed by atoms with Crippen molar-refractivity contribution >= 4 is 57.4 Å². The van der Waals surface area contributed by atoms with Crippen molar-refractivity contribution < 1.29 is 9.90 Å². The number of benzene rings is 1. The van der Waals surface area contributed by atoms with Crippen molar-refractivity contribution in [3.8, 4) is 0 Å². The zero-order chi connectivity index (χ0) is 8.43. The molecule has 0 heterocycles. The van der Waals surface area contributed by atoms with Gasteiger partial charge in [0, 0.05) is 0 Å². The second-order valence-corrected chi connectivity index (χ2v) is 2.57. The van der Waals surface area contributed by atoms with E-state index in [0.29, 0.717) is 5.56 Å². The third-order valence-electron chi connectivity index (χ3n) is 1.69. The molecule has 0 aliphatic heterocycles. The Balaban J connectivity index is 0.00000121. The first-order valence-corrected chi connectivity index (χ1v) is 3.42. The first-order valence-electron chi connectivity index (χ1n) is 3.42. The van der Waals surface area contributed by atoms with E-state index in [0.717, 1.165) is 11.1 Å². The number of carboxylic acid groups (broad SMARTS) is 1. The SMILES string of the molecule is Cc1cccc(C)c1C(=O)O.[KH]. The molecule has 1 aromatic carbocycles. The molecule has 0 fully saturated rings. The Morgan fingerprint density at radius 1 is 1.25 bits per heavy atom. The molecule has 60 valence electrons. The van der Waals surface area contributed by atoms with Crippen LogP contribution >= 0.6 is 0 Å². The quantitative estimate of drug-likeness (QED) is 0.679. The molecule has 0 amide bonds. The normalized spacial score (nSPS) is 8.83. The van der Waals surface area contributed by atoms with Crippen LogP contribution in [0.15, 0.2) is 18.2 Å². The fourth-order valence-electron chi connectivity index (χ4n) is 1.15. The Hall–Kier alpha value is 0.326. The third kappa shape index (κ3) is 2.67. The van der Waals surface area contributed by atoms with E-state index < -0.39 is 5.97 Å². The Labute approximate surface area is 114 Å². The van der Waals surface area contributed by atoms with Gasteiger partial charge in [0.05, 0.1) is 5.56 Å². The van der Waals surface area contributed by atoms with Gasteiger partial charge in [-0.3, -0.25) is 0 Å². The fourth-order valence-corrected chi connectivity index (χ4v) is 1.15. The number of aromatic carboxylic acids is 1. The van der Waals surface area contributed by atoms with E-state index in [1.807, 2.05) is 6.07 Å². The molecular weight excluding hydrogens is 179 g/mol. The molecule has 0 aromatic heterocycles. The summed E-state index contributed by atoms with van der Waals surface area (Å²) >= 11 is 0. The van der Waals surface area contributed by atoms with Crippen LogP contribution in [-0.2, 0) is 0 Å². The number of carboxylic acids is 1. The van der Waals surface area contributed by atoms with Crippen molar-refractivity contribution in [1.29, 1.82) is 0 Å². The molecule has 2 nitrogen and oxygen atoms in total. The summed E-state index contributed by atoms with van der Waals surface area (Å²) in [4.78, 5) is 10.6. The van der Waals surface area contributed by atoms with E-state index in [4.69, 9.17) is 5.11 Å². The molecule has 0 aliphatic rings. The standard InChI is InChI=1S/C9H10O2.K.H/c1-6-4-3-5-7(2)8(6)9(10)11;;/h3-5H,1-2H3,(H,10,11);;. The van der Waals surface area contributed by atoms with Gasteiger partial charge >= 0.3 is 57.4 Å². The van der Waals surface area contributed by atoms with Crippen LogP contribution in [0.5, 0.6) is 0 Å². The molecule has 0 saturated heterocycles. The van der Waals surface area contributed by atoms with Crippen molar-refractivity contribution in [1.82, 2.24) is 0 Å². The second-order valence-electron chi connectivity index (χ2n) is 2.57. The predicted octanol–water partition coefficient (Wildman–Crippen LogP) is 1.35. The monoisotopic (exact) mass is 190 g/mol. The third-order valence-corrected chi connectivity index (χ3v) is 1.69. The summed E-state index contributed by atoms with van der Waals surface area (Å²) in [7, 11) is 0. The minimum absolute atomic E-state index is 0. The van der Waals surface area contributed by atoms with Crippen molar-refractivity contribution in [3.63, 3.8) is 0 Å². The second kappa shape index (κ2) is 5.14. The van der Waals surface area contributed by atoms with Gasteiger partial charge in [-0.05, 0) is 25.0 Å². The number of rotatable bonds is 1. The van der Waals surface area contributed by atoms with Gasteiger partial charge in [-0.15, -0.1) is 0 Å². The van der Waals surface area contributed by atoms with E-state index >= 15 is 0 Å². The van der Waals surface area contributed by atoms with Crippen LogP contribution in [0, 0.1) is 13.8 Å². The molecule has 0 saturated carbocycles. The number of hydrogen-bond acceptors (Lipinski definition) is 1. The van der Waals surface area contributed by atoms with Gasteiger partial charge in [-0.1, -0.05) is 18.2 Å². The zero-order valence-corrected chi connectivity index (χ0v) is 6.59. The Morgan fingerprint density at radius 3 is 1.92 bits per heavy atom. The summed E-state index contributed by atoms with van der Waals surface area (Å²) < 4.78 is 0. The van der Waals surface area contributed by atoms with Gasteiger partial charge in [0.1, 0.15) is 0 Å². The Bertz CT molecular complexity index is 274. The molecule has 0 bridgehead atoms. The summed E-state index contributed by atoms with van der Waals surface area (Å²) in [6, 6.07) is 5.46. The van der Waals surface area contributed by atoms with Crippen molar-refractivity contribution in [2.75, 3.05) is 0 Å². The van der Waals surface area contributed by atoms with Crippen LogP contribution < -0.4 is 0 Å². The van der Waals surface area contributed by atoms with E-state index in [-0.39, 0.29) is 51.4 Å². The topological polar surface area (TPSA) is 37.3 Å². The average Bonchev–Trinajstić information content (AvgIpc) is 1.85. The van der Waals surface area contributed by atoms with Gasteiger partial charge in [0.15, 0.2) is 0 Å². The summed E-state index contributed by atoms with van der Waals surface area (Å²) in [5, 5.41) is 8.75. The molecule has 0 radical (unpaired) electrons. The van der Waals surface area contributed by atoms with Gasteiger partial charge in [-0.2, -0.15) is 0 Å². The molecule has 3 heteroatoms. The van der Waals surface area contributed by atoms with Crippen LogP contribution in [0.1, 0.15) is 21.5 Å². The van der Waals surface area contributed by atoms with E-state index in [2.05, 4.69) is 0 Å². The molecular formula is C9H11KO2. The maximum atomic E-state index is 10.6. The minimum atomic E-state index is -0.847. The van der Waals surface area contributed by atoms with Crippen LogP contribution in [-0.4, -0.2) is 62.5 Å². The molecule has 0 spiro atoms. The number of hydrogen-bond donors (Lipinski definition) is 1. The van der Waals surface area contributed by atoms with Crippen LogP contribution in [0.4, 0.5) is 0 Å². The van der Waals surface area contributed by atoms with Crippen molar-refractivity contribution in [3.05, 3.63) is 34.9 Å². The Kier molecular flexibility index (Phi) is 5.28. The van der Waals surface area contributed by atoms with Crippen molar-refractivity contribution in [2.45, 2.75) is 13.8 Å². The average molecular weight is 190 g/mol.